The van der Waals surface area contributed by atoms with Crippen LogP contribution in [0.25, 0.3) is 11.3 Å². The molecular weight excluding hydrogens is 286 g/mol. The van der Waals surface area contributed by atoms with Crippen molar-refractivity contribution in [2.45, 2.75) is 13.3 Å². The Kier molecular flexibility index (Phi) is 5.30. The highest BCUT2D eigenvalue weighted by Crippen LogP contribution is 2.26. The molecule has 1 aromatic heterocycles. The highest BCUT2D eigenvalue weighted by Gasteiger charge is 2.11. The number of hydrogen-bond donors (Lipinski definition) is 2. The number of amides is 1. The van der Waals surface area contributed by atoms with Crippen LogP contribution in [0, 0.1) is 5.92 Å². The SMILES string of the molecule is COCC(C)CC(=O)Nc1nc(-c2cccc(N)c2)cs1. The van der Waals surface area contributed by atoms with Crippen LogP contribution in [0.3, 0.4) is 0 Å². The van der Waals surface area contributed by atoms with Crippen LogP contribution < -0.4 is 11.1 Å². The normalized spacial score (nSPS) is 12.1. The number of nitrogen functional groups attached to an aromatic ring is 1. The maximum absolute atomic E-state index is 11.9. The number of nitrogens with two attached hydrogens (primary N) is 1. The van der Waals surface area contributed by atoms with Crippen molar-refractivity contribution in [1.29, 1.82) is 0 Å². The number of thiazole rings is 1. The molecular formula is C15H19N3O2S. The summed E-state index contributed by atoms with van der Waals surface area (Å²) in [6.07, 6.45) is 0.418. The van der Waals surface area contributed by atoms with E-state index in [0.29, 0.717) is 23.8 Å². The van der Waals surface area contributed by atoms with Gasteiger partial charge in [-0.05, 0) is 18.1 Å². The molecule has 0 saturated carbocycles. The van der Waals surface area contributed by atoms with Gasteiger partial charge >= 0.3 is 0 Å². The average Bonchev–Trinajstić information content (AvgIpc) is 2.87. The molecule has 21 heavy (non-hydrogen) atoms. The first-order valence-corrected chi connectivity index (χ1v) is 7.56. The molecule has 1 unspecified atom stereocenters. The van der Waals surface area contributed by atoms with E-state index in [-0.39, 0.29) is 11.8 Å². The maximum atomic E-state index is 11.9. The molecule has 6 heteroatoms. The minimum atomic E-state index is -0.0481. The zero-order chi connectivity index (χ0) is 15.2. The van der Waals surface area contributed by atoms with Gasteiger partial charge < -0.3 is 15.8 Å². The third kappa shape index (κ3) is 4.54. The molecule has 0 bridgehead atoms. The fourth-order valence-electron chi connectivity index (χ4n) is 1.99. The Hall–Kier alpha value is -1.92. The Morgan fingerprint density at radius 1 is 1.52 bits per heavy atom. The smallest absolute Gasteiger partial charge is 0.226 e. The second-order valence-corrected chi connectivity index (χ2v) is 5.83. The number of benzene rings is 1. The van der Waals surface area contributed by atoms with E-state index in [1.165, 1.54) is 11.3 Å². The van der Waals surface area contributed by atoms with Crippen molar-refractivity contribution < 1.29 is 9.53 Å². The summed E-state index contributed by atoms with van der Waals surface area (Å²) in [7, 11) is 1.63. The maximum Gasteiger partial charge on any atom is 0.226 e. The van der Waals surface area contributed by atoms with Crippen LogP contribution in [-0.2, 0) is 9.53 Å². The predicted molar refractivity (Wildman–Crippen MR) is 86.2 cm³/mol. The van der Waals surface area contributed by atoms with Crippen molar-refractivity contribution >= 4 is 28.1 Å². The van der Waals surface area contributed by atoms with Gasteiger partial charge in [0, 0.05) is 36.8 Å². The number of carbonyl (C=O) groups excluding carboxylic acids is 1. The van der Waals surface area contributed by atoms with Gasteiger partial charge in [0.05, 0.1) is 5.69 Å². The Morgan fingerprint density at radius 2 is 2.33 bits per heavy atom. The van der Waals surface area contributed by atoms with Gasteiger partial charge in [0.15, 0.2) is 5.13 Å². The van der Waals surface area contributed by atoms with Crippen LogP contribution in [-0.4, -0.2) is 24.6 Å². The number of rotatable bonds is 6. The molecule has 0 saturated heterocycles. The van der Waals surface area contributed by atoms with Crippen molar-refractivity contribution in [2.24, 2.45) is 5.92 Å². The number of nitrogens with one attached hydrogen (secondary N) is 1. The van der Waals surface area contributed by atoms with Crippen molar-refractivity contribution in [3.05, 3.63) is 29.6 Å². The van der Waals surface area contributed by atoms with Gasteiger partial charge in [0.1, 0.15) is 0 Å². The van der Waals surface area contributed by atoms with Crippen LogP contribution in [0.2, 0.25) is 0 Å². The van der Waals surface area contributed by atoms with Crippen molar-refractivity contribution in [1.82, 2.24) is 4.98 Å². The van der Waals surface area contributed by atoms with Crippen molar-refractivity contribution in [2.75, 3.05) is 24.8 Å². The summed E-state index contributed by atoms with van der Waals surface area (Å²) in [6.45, 7) is 2.54. The van der Waals surface area contributed by atoms with Gasteiger partial charge in [-0.25, -0.2) is 4.98 Å². The number of hydrogen-bond acceptors (Lipinski definition) is 5. The summed E-state index contributed by atoms with van der Waals surface area (Å²) in [6, 6.07) is 7.52. The molecule has 0 fully saturated rings. The second kappa shape index (κ2) is 7.19. The van der Waals surface area contributed by atoms with Crippen LogP contribution in [0.4, 0.5) is 10.8 Å². The Bertz CT molecular complexity index is 612. The molecule has 0 aliphatic rings. The molecule has 0 aliphatic carbocycles. The third-order valence-corrected chi connectivity index (χ3v) is 3.68. The van der Waals surface area contributed by atoms with E-state index in [0.717, 1.165) is 11.3 Å². The molecule has 0 radical (unpaired) electrons. The lowest BCUT2D eigenvalue weighted by atomic mass is 10.1. The minimum absolute atomic E-state index is 0.0481. The first-order chi connectivity index (χ1) is 10.1. The molecule has 0 aliphatic heterocycles. The summed E-state index contributed by atoms with van der Waals surface area (Å²) in [5, 5.41) is 5.32. The summed E-state index contributed by atoms with van der Waals surface area (Å²) < 4.78 is 5.02. The second-order valence-electron chi connectivity index (χ2n) is 4.98. The predicted octanol–water partition coefficient (Wildman–Crippen LogP) is 3.00. The quantitative estimate of drug-likeness (QED) is 0.804. The van der Waals surface area contributed by atoms with Gasteiger partial charge in [0.25, 0.3) is 0 Å². The highest BCUT2D eigenvalue weighted by atomic mass is 32.1. The number of nitrogens with zero attached hydrogens (tertiary/aromatic N) is 1. The summed E-state index contributed by atoms with van der Waals surface area (Å²) in [5.41, 5.74) is 8.21. The molecule has 0 spiro atoms. The van der Waals surface area contributed by atoms with Crippen LogP contribution in [0.1, 0.15) is 13.3 Å². The average molecular weight is 305 g/mol. The molecule has 1 atom stereocenters. The van der Waals surface area contributed by atoms with Crippen molar-refractivity contribution in [3.8, 4) is 11.3 Å². The first kappa shape index (κ1) is 15.5. The van der Waals surface area contributed by atoms with Gasteiger partial charge in [-0.15, -0.1) is 11.3 Å². The van der Waals surface area contributed by atoms with E-state index < -0.39 is 0 Å². The van der Waals surface area contributed by atoms with Gasteiger partial charge in [-0.2, -0.15) is 0 Å². The molecule has 3 N–H and O–H groups in total. The molecule has 1 aromatic carbocycles. The standard InChI is InChI=1S/C15H19N3O2S/c1-10(8-20-2)6-14(19)18-15-17-13(9-21-15)11-4-3-5-12(16)7-11/h3-5,7,9-10H,6,8,16H2,1-2H3,(H,17,18,19). The lowest BCUT2D eigenvalue weighted by Gasteiger charge is -2.08. The van der Waals surface area contributed by atoms with E-state index in [9.17, 15) is 4.79 Å². The summed E-state index contributed by atoms with van der Waals surface area (Å²) in [5.74, 6) is 0.136. The first-order valence-electron chi connectivity index (χ1n) is 6.68. The number of anilines is 2. The molecule has 1 heterocycles. The van der Waals surface area contributed by atoms with E-state index in [2.05, 4.69) is 10.3 Å². The molecule has 5 nitrogen and oxygen atoms in total. The van der Waals surface area contributed by atoms with E-state index in [4.69, 9.17) is 10.5 Å². The number of carbonyl (C=O) groups is 1. The Morgan fingerprint density at radius 3 is 3.05 bits per heavy atom. The van der Waals surface area contributed by atoms with E-state index in [1.54, 1.807) is 7.11 Å². The van der Waals surface area contributed by atoms with E-state index in [1.807, 2.05) is 36.6 Å². The lowest BCUT2D eigenvalue weighted by molar-refractivity contribution is -0.117. The highest BCUT2D eigenvalue weighted by molar-refractivity contribution is 7.14. The van der Waals surface area contributed by atoms with Gasteiger partial charge in [0.2, 0.25) is 5.91 Å². The summed E-state index contributed by atoms with van der Waals surface area (Å²) in [4.78, 5) is 16.3. The molecule has 112 valence electrons. The fourth-order valence-corrected chi connectivity index (χ4v) is 2.73. The van der Waals surface area contributed by atoms with Crippen LogP contribution in [0.15, 0.2) is 29.6 Å². The van der Waals surface area contributed by atoms with Gasteiger partial charge in [-0.1, -0.05) is 19.1 Å². The lowest BCUT2D eigenvalue weighted by Crippen LogP contribution is -2.17. The number of ether oxygens (including phenoxy) is 1. The Balaban J connectivity index is 1.99. The zero-order valence-electron chi connectivity index (χ0n) is 12.1. The number of methoxy groups -OCH3 is 1. The molecule has 1 amide bonds. The van der Waals surface area contributed by atoms with Crippen LogP contribution >= 0.6 is 11.3 Å². The summed E-state index contributed by atoms with van der Waals surface area (Å²) >= 11 is 1.40. The Labute approximate surface area is 128 Å². The largest absolute Gasteiger partial charge is 0.399 e. The fraction of sp³-hybridized carbons (Fsp3) is 0.333. The number of aromatic nitrogens is 1. The van der Waals surface area contributed by atoms with Gasteiger partial charge in [-0.3, -0.25) is 4.79 Å². The topological polar surface area (TPSA) is 77.2 Å². The zero-order valence-corrected chi connectivity index (χ0v) is 12.9. The minimum Gasteiger partial charge on any atom is -0.399 e. The third-order valence-electron chi connectivity index (χ3n) is 2.92. The van der Waals surface area contributed by atoms with Crippen LogP contribution in [0.5, 0.6) is 0 Å². The van der Waals surface area contributed by atoms with Crippen molar-refractivity contribution in [3.63, 3.8) is 0 Å². The monoisotopic (exact) mass is 305 g/mol. The molecule has 2 rings (SSSR count). The van der Waals surface area contributed by atoms with E-state index >= 15 is 0 Å². The molecule has 2 aromatic rings.